The number of aryl methyl sites for hydroxylation is 1. The lowest BCUT2D eigenvalue weighted by molar-refractivity contribution is -0.113. The van der Waals surface area contributed by atoms with Crippen LogP contribution >= 0.6 is 11.8 Å². The molecule has 6 heteroatoms. The lowest BCUT2D eigenvalue weighted by atomic mass is 10.3. The number of nitrogens with one attached hydrogen (secondary N) is 1. The topological polar surface area (TPSA) is 56.1 Å². The number of ether oxygens (including phenoxy) is 1. The highest BCUT2D eigenvalue weighted by atomic mass is 32.2. The fourth-order valence-electron chi connectivity index (χ4n) is 1.66. The molecule has 2 aromatic rings. The first-order chi connectivity index (χ1) is 9.70. The van der Waals surface area contributed by atoms with Gasteiger partial charge in [0.1, 0.15) is 5.75 Å². The van der Waals surface area contributed by atoms with Crippen LogP contribution in [0.15, 0.2) is 41.8 Å². The van der Waals surface area contributed by atoms with Crippen molar-refractivity contribution in [2.45, 2.75) is 12.1 Å². The second-order valence-electron chi connectivity index (χ2n) is 4.09. The third kappa shape index (κ3) is 3.77. The van der Waals surface area contributed by atoms with E-state index in [1.807, 2.05) is 49.0 Å². The van der Waals surface area contributed by atoms with Crippen LogP contribution in [0.3, 0.4) is 0 Å². The summed E-state index contributed by atoms with van der Waals surface area (Å²) in [4.78, 5) is 16.1. The van der Waals surface area contributed by atoms with Gasteiger partial charge in [0.2, 0.25) is 5.91 Å². The molecule has 1 N–H and O–H groups in total. The van der Waals surface area contributed by atoms with Crippen molar-refractivity contribution < 1.29 is 9.53 Å². The normalized spacial score (nSPS) is 10.3. The van der Waals surface area contributed by atoms with Gasteiger partial charge >= 0.3 is 0 Å². The van der Waals surface area contributed by atoms with Crippen LogP contribution in [0.5, 0.6) is 5.75 Å². The van der Waals surface area contributed by atoms with Crippen molar-refractivity contribution in [1.82, 2.24) is 9.55 Å². The number of amides is 1. The maximum absolute atomic E-state index is 12.0. The van der Waals surface area contributed by atoms with Gasteiger partial charge in [-0.2, -0.15) is 0 Å². The Hall–Kier alpha value is -1.95. The number of imidazole rings is 1. The molecule has 0 aliphatic rings. The molecule has 0 aliphatic heterocycles. The highest BCUT2D eigenvalue weighted by Gasteiger charge is 2.09. The standard InChI is InChI=1S/C14H17N3O2S/c1-3-19-12-7-5-4-6-11(12)16-13(18)10-20-14-15-8-9-17(14)2/h4-9H,3,10H2,1-2H3,(H,16,18). The Morgan fingerprint density at radius 2 is 2.25 bits per heavy atom. The van der Waals surface area contributed by atoms with Crippen LogP contribution in [0.25, 0.3) is 0 Å². The molecule has 0 fully saturated rings. The highest BCUT2D eigenvalue weighted by molar-refractivity contribution is 7.99. The molecular weight excluding hydrogens is 274 g/mol. The maximum atomic E-state index is 12.0. The van der Waals surface area contributed by atoms with Crippen molar-refractivity contribution in [1.29, 1.82) is 0 Å². The summed E-state index contributed by atoms with van der Waals surface area (Å²) in [6.07, 6.45) is 3.56. The predicted molar refractivity (Wildman–Crippen MR) is 80.2 cm³/mol. The molecule has 0 bridgehead atoms. The molecular formula is C14H17N3O2S. The number of aromatic nitrogens is 2. The Balaban J connectivity index is 1.93. The number of anilines is 1. The van der Waals surface area contributed by atoms with E-state index in [9.17, 15) is 4.79 Å². The lowest BCUT2D eigenvalue weighted by Crippen LogP contribution is -2.15. The summed E-state index contributed by atoms with van der Waals surface area (Å²) in [6, 6.07) is 7.41. The van der Waals surface area contributed by atoms with Gasteiger partial charge in [-0.05, 0) is 19.1 Å². The van der Waals surface area contributed by atoms with Crippen molar-refractivity contribution in [3.05, 3.63) is 36.7 Å². The molecule has 0 aliphatic carbocycles. The third-order valence-electron chi connectivity index (χ3n) is 2.57. The minimum absolute atomic E-state index is 0.0786. The van der Waals surface area contributed by atoms with Crippen LogP contribution in [0.4, 0.5) is 5.69 Å². The minimum atomic E-state index is -0.0786. The van der Waals surface area contributed by atoms with E-state index in [0.29, 0.717) is 23.8 Å². The largest absolute Gasteiger partial charge is 0.492 e. The molecule has 0 saturated carbocycles. The molecule has 1 aromatic heterocycles. The molecule has 1 heterocycles. The minimum Gasteiger partial charge on any atom is -0.492 e. The number of benzene rings is 1. The van der Waals surface area contributed by atoms with E-state index in [0.717, 1.165) is 5.16 Å². The second-order valence-corrected chi connectivity index (χ2v) is 5.03. The summed E-state index contributed by atoms with van der Waals surface area (Å²) in [6.45, 7) is 2.48. The molecule has 0 saturated heterocycles. The fraction of sp³-hybridized carbons (Fsp3) is 0.286. The number of para-hydroxylation sites is 2. The van der Waals surface area contributed by atoms with Crippen LogP contribution in [-0.4, -0.2) is 27.8 Å². The van der Waals surface area contributed by atoms with Gasteiger partial charge in [0.15, 0.2) is 5.16 Å². The van der Waals surface area contributed by atoms with Gasteiger partial charge in [-0.1, -0.05) is 23.9 Å². The fourth-order valence-corrected chi connectivity index (χ4v) is 2.39. The number of hydrogen-bond donors (Lipinski definition) is 1. The van der Waals surface area contributed by atoms with Crippen LogP contribution in [0.2, 0.25) is 0 Å². The van der Waals surface area contributed by atoms with Crippen molar-refractivity contribution in [2.24, 2.45) is 7.05 Å². The van der Waals surface area contributed by atoms with E-state index in [1.165, 1.54) is 11.8 Å². The van der Waals surface area contributed by atoms with Crippen molar-refractivity contribution in [2.75, 3.05) is 17.7 Å². The van der Waals surface area contributed by atoms with Crippen LogP contribution < -0.4 is 10.1 Å². The van der Waals surface area contributed by atoms with Crippen molar-refractivity contribution in [3.63, 3.8) is 0 Å². The summed E-state index contributed by atoms with van der Waals surface area (Å²) in [5.74, 6) is 0.918. The first kappa shape index (κ1) is 14.5. The molecule has 106 valence electrons. The van der Waals surface area contributed by atoms with Gasteiger partial charge in [0.25, 0.3) is 0 Å². The molecule has 2 rings (SSSR count). The summed E-state index contributed by atoms with van der Waals surface area (Å²) in [5.41, 5.74) is 0.694. The number of carbonyl (C=O) groups excluding carboxylic acids is 1. The monoisotopic (exact) mass is 291 g/mol. The zero-order chi connectivity index (χ0) is 14.4. The lowest BCUT2D eigenvalue weighted by Gasteiger charge is -2.10. The Morgan fingerprint density at radius 3 is 2.95 bits per heavy atom. The van der Waals surface area contributed by atoms with Crippen LogP contribution in [-0.2, 0) is 11.8 Å². The Bertz CT molecular complexity index is 583. The van der Waals surface area contributed by atoms with Gasteiger partial charge in [-0.15, -0.1) is 0 Å². The first-order valence-corrected chi connectivity index (χ1v) is 7.31. The van der Waals surface area contributed by atoms with Crippen molar-refractivity contribution in [3.8, 4) is 5.75 Å². The molecule has 0 unspecified atom stereocenters. The summed E-state index contributed by atoms with van der Waals surface area (Å²) < 4.78 is 7.35. The van der Waals surface area contributed by atoms with Gasteiger partial charge in [-0.3, -0.25) is 4.79 Å². The van der Waals surface area contributed by atoms with Crippen LogP contribution in [0, 0.1) is 0 Å². The summed E-state index contributed by atoms with van der Waals surface area (Å²) in [7, 11) is 1.90. The highest BCUT2D eigenvalue weighted by Crippen LogP contribution is 2.24. The maximum Gasteiger partial charge on any atom is 0.234 e. The number of carbonyl (C=O) groups is 1. The van der Waals surface area contributed by atoms with E-state index in [4.69, 9.17) is 4.74 Å². The smallest absolute Gasteiger partial charge is 0.234 e. The van der Waals surface area contributed by atoms with E-state index in [1.54, 1.807) is 6.20 Å². The van der Waals surface area contributed by atoms with Gasteiger partial charge in [-0.25, -0.2) is 4.98 Å². The Labute approximate surface area is 122 Å². The molecule has 0 radical (unpaired) electrons. The molecule has 0 spiro atoms. The molecule has 0 atom stereocenters. The third-order valence-corrected chi connectivity index (χ3v) is 3.63. The van der Waals surface area contributed by atoms with Crippen molar-refractivity contribution >= 4 is 23.4 Å². The average molecular weight is 291 g/mol. The van der Waals surface area contributed by atoms with Gasteiger partial charge < -0.3 is 14.6 Å². The predicted octanol–water partition coefficient (Wildman–Crippen LogP) is 2.55. The molecule has 1 aromatic carbocycles. The zero-order valence-corrected chi connectivity index (χ0v) is 12.3. The Morgan fingerprint density at radius 1 is 1.45 bits per heavy atom. The van der Waals surface area contributed by atoms with E-state index >= 15 is 0 Å². The molecule has 20 heavy (non-hydrogen) atoms. The molecule has 5 nitrogen and oxygen atoms in total. The average Bonchev–Trinajstić information content (AvgIpc) is 2.84. The van der Waals surface area contributed by atoms with E-state index < -0.39 is 0 Å². The first-order valence-electron chi connectivity index (χ1n) is 6.32. The van der Waals surface area contributed by atoms with Crippen LogP contribution in [0.1, 0.15) is 6.92 Å². The van der Waals surface area contributed by atoms with Gasteiger partial charge in [0, 0.05) is 19.4 Å². The Kier molecular flexibility index (Phi) is 5.06. The number of thioether (sulfide) groups is 1. The van der Waals surface area contributed by atoms with E-state index in [-0.39, 0.29) is 5.91 Å². The van der Waals surface area contributed by atoms with Gasteiger partial charge in [0.05, 0.1) is 18.0 Å². The number of nitrogens with zero attached hydrogens (tertiary/aromatic N) is 2. The quantitative estimate of drug-likeness (QED) is 0.831. The zero-order valence-electron chi connectivity index (χ0n) is 11.5. The number of rotatable bonds is 6. The SMILES string of the molecule is CCOc1ccccc1NC(=O)CSc1nccn1C. The summed E-state index contributed by atoms with van der Waals surface area (Å²) in [5, 5.41) is 3.67. The molecule has 1 amide bonds. The summed E-state index contributed by atoms with van der Waals surface area (Å²) >= 11 is 1.40. The number of hydrogen-bond acceptors (Lipinski definition) is 4. The van der Waals surface area contributed by atoms with E-state index in [2.05, 4.69) is 10.3 Å². The second kappa shape index (κ2) is 7.00.